The fourth-order valence-corrected chi connectivity index (χ4v) is 10.2. The van der Waals surface area contributed by atoms with E-state index in [9.17, 15) is 40.8 Å². The van der Waals surface area contributed by atoms with Crippen molar-refractivity contribution in [2.75, 3.05) is 13.7 Å². The predicted octanol–water partition coefficient (Wildman–Crippen LogP) is 5.87. The number of aromatic nitrogens is 3. The van der Waals surface area contributed by atoms with Crippen molar-refractivity contribution in [3.63, 3.8) is 0 Å². The number of Topliss-reactive ketones (excluding diaryl/α,β-unsaturated/α-hetero) is 1. The van der Waals surface area contributed by atoms with Gasteiger partial charge in [0.25, 0.3) is 5.91 Å². The van der Waals surface area contributed by atoms with E-state index in [4.69, 9.17) is 19.2 Å². The van der Waals surface area contributed by atoms with E-state index in [-0.39, 0.29) is 44.0 Å². The second kappa shape index (κ2) is 17.1. The molecule has 5 atom stereocenters. The summed E-state index contributed by atoms with van der Waals surface area (Å²) in [6, 6.07) is 4.08. The minimum atomic E-state index is -4.58. The first-order valence-electron chi connectivity index (χ1n) is 21.7. The number of sulfonamides is 1. The molecule has 3 saturated carbocycles. The predicted molar refractivity (Wildman–Crippen MR) is 222 cm³/mol. The monoisotopic (exact) mass is 898 g/mol. The molecule has 2 aliphatic heterocycles. The third-order valence-corrected chi connectivity index (χ3v) is 15.5. The number of aryl methyl sites for hydroxylation is 1. The Hall–Kier alpha value is -5.20. The molecule has 63 heavy (non-hydrogen) atoms. The lowest BCUT2D eigenvalue weighted by atomic mass is 9.91. The molecule has 2 N–H and O–H groups in total. The molecule has 3 aromatic rings. The van der Waals surface area contributed by atoms with Crippen LogP contribution in [0.1, 0.15) is 106 Å². The summed E-state index contributed by atoms with van der Waals surface area (Å²) in [7, 11) is -2.47. The minimum absolute atomic E-state index is 0.000564. The molecule has 5 aliphatic rings. The number of nitrogens with zero attached hydrogens (tertiary/aromatic N) is 4. The van der Waals surface area contributed by atoms with Crippen LogP contribution in [0.25, 0.3) is 10.9 Å². The molecular formula is C44H53F3N6O9S. The van der Waals surface area contributed by atoms with E-state index < -0.39 is 80.5 Å². The number of rotatable bonds is 11. The van der Waals surface area contributed by atoms with E-state index in [2.05, 4.69) is 15.1 Å². The molecule has 4 heterocycles. The second-order valence-corrected chi connectivity index (χ2v) is 20.2. The quantitative estimate of drug-likeness (QED) is 0.219. The van der Waals surface area contributed by atoms with Crippen molar-refractivity contribution >= 4 is 44.4 Å². The number of halogens is 3. The summed E-state index contributed by atoms with van der Waals surface area (Å²) in [6.45, 7) is 1.93. The van der Waals surface area contributed by atoms with Crippen molar-refractivity contribution < 1.29 is 55.0 Å². The highest BCUT2D eigenvalue weighted by Crippen LogP contribution is 2.57. The lowest BCUT2D eigenvalue weighted by Gasteiger charge is -2.29. The molecule has 2 aromatic heterocycles. The molecule has 3 aliphatic carbocycles. The van der Waals surface area contributed by atoms with Crippen LogP contribution < -0.4 is 24.2 Å². The molecule has 0 unspecified atom stereocenters. The summed E-state index contributed by atoms with van der Waals surface area (Å²) in [5, 5.41) is 7.12. The Morgan fingerprint density at radius 1 is 1.00 bits per heavy atom. The zero-order valence-corrected chi connectivity index (χ0v) is 36.4. The Labute approximate surface area is 363 Å². The molecule has 0 radical (unpaired) electrons. The molecule has 4 fully saturated rings. The average molecular weight is 899 g/mol. The van der Waals surface area contributed by atoms with Crippen molar-refractivity contribution in [1.82, 2.24) is 29.7 Å². The number of ether oxygens (including phenoxy) is 3. The van der Waals surface area contributed by atoms with Crippen LogP contribution >= 0.6 is 0 Å². The van der Waals surface area contributed by atoms with Crippen LogP contribution in [-0.4, -0.2) is 100 Å². The number of nitrogens with one attached hydrogen (secondary N) is 2. The van der Waals surface area contributed by atoms with Gasteiger partial charge in [-0.2, -0.15) is 18.3 Å². The highest BCUT2D eigenvalue weighted by Gasteiger charge is 2.62. The molecule has 19 heteroatoms. The zero-order valence-electron chi connectivity index (χ0n) is 35.5. The number of hydrogen-bond acceptors (Lipinski definition) is 11. The van der Waals surface area contributed by atoms with E-state index in [0.29, 0.717) is 71.5 Å². The first kappa shape index (κ1) is 44.4. The van der Waals surface area contributed by atoms with Gasteiger partial charge in [0, 0.05) is 36.1 Å². The van der Waals surface area contributed by atoms with Gasteiger partial charge in [0.1, 0.15) is 42.0 Å². The lowest BCUT2D eigenvalue weighted by molar-refractivity contribution is -0.142. The summed E-state index contributed by atoms with van der Waals surface area (Å²) in [6.07, 6.45) is 5.57. The average Bonchev–Trinajstić information content (AvgIpc) is 4.00. The first-order valence-corrected chi connectivity index (χ1v) is 23.2. The molecular weight excluding hydrogens is 846 g/mol. The van der Waals surface area contributed by atoms with Crippen LogP contribution in [0.4, 0.5) is 13.2 Å². The SMILES string of the molecule is COc1ccc2c(O[C@@H]3C[C@H]4C(=O)C[C@]5(C(=O)NS(=O)(=O)C6(C)CC6)C[C@@H]5/C=C\CCCCC[C@H](NC(=O)c5ccn(CC(F)(F)F)n5)C(=O)N4C3)cc(OC3CCC3)nc2c1C. The van der Waals surface area contributed by atoms with Gasteiger partial charge in [-0.15, -0.1) is 0 Å². The number of carbonyl (C=O) groups is 4. The Morgan fingerprint density at radius 2 is 1.78 bits per heavy atom. The Bertz CT molecular complexity index is 2430. The maximum absolute atomic E-state index is 14.8. The number of ketones is 1. The fourth-order valence-electron chi connectivity index (χ4n) is 8.85. The van der Waals surface area contributed by atoms with E-state index in [0.717, 1.165) is 37.1 Å². The molecule has 3 amide bonds. The summed E-state index contributed by atoms with van der Waals surface area (Å²) < 4.78 is 86.2. The number of hydrogen-bond donors (Lipinski definition) is 2. The van der Waals surface area contributed by atoms with Gasteiger partial charge in [-0.05, 0) is 95.8 Å². The minimum Gasteiger partial charge on any atom is -0.496 e. The van der Waals surface area contributed by atoms with E-state index in [1.54, 1.807) is 26.2 Å². The first-order chi connectivity index (χ1) is 29.9. The van der Waals surface area contributed by atoms with Crippen LogP contribution in [-0.2, 0) is 31.0 Å². The van der Waals surface area contributed by atoms with Crippen LogP contribution in [0.2, 0.25) is 0 Å². The second-order valence-electron chi connectivity index (χ2n) is 18.0. The summed E-state index contributed by atoms with van der Waals surface area (Å²) in [5.74, 6) is -1.77. The molecule has 8 rings (SSSR count). The number of carbonyl (C=O) groups excluding carboxylic acids is 4. The third kappa shape index (κ3) is 9.39. The number of alkyl halides is 3. The fraction of sp³-hybridized carbons (Fsp3) is 0.591. The van der Waals surface area contributed by atoms with E-state index in [1.165, 1.54) is 4.90 Å². The zero-order chi connectivity index (χ0) is 44.9. The van der Waals surface area contributed by atoms with Crippen molar-refractivity contribution in [3.8, 4) is 17.4 Å². The van der Waals surface area contributed by atoms with Crippen LogP contribution in [0, 0.1) is 18.3 Å². The lowest BCUT2D eigenvalue weighted by Crippen LogP contribution is -2.52. The van der Waals surface area contributed by atoms with Crippen molar-refractivity contribution in [3.05, 3.63) is 53.9 Å². The van der Waals surface area contributed by atoms with E-state index in [1.807, 2.05) is 25.1 Å². The number of allylic oxidation sites excluding steroid dienone is 2. The number of benzene rings is 1. The topological polar surface area (TPSA) is 188 Å². The Morgan fingerprint density at radius 3 is 2.48 bits per heavy atom. The molecule has 0 bridgehead atoms. The van der Waals surface area contributed by atoms with Gasteiger partial charge >= 0.3 is 6.18 Å². The Balaban J connectivity index is 1.12. The number of methoxy groups -OCH3 is 1. The number of fused-ring (bicyclic) bond motifs is 3. The molecule has 15 nitrogen and oxygen atoms in total. The van der Waals surface area contributed by atoms with Crippen molar-refractivity contribution in [2.45, 2.75) is 139 Å². The third-order valence-electron chi connectivity index (χ3n) is 13.3. The van der Waals surface area contributed by atoms with Gasteiger partial charge in [0.15, 0.2) is 5.78 Å². The molecule has 0 spiro atoms. The standard InChI is InChI=1S/C44H53F3N6O9S/c1-26-35(60-3)15-14-30-36(21-37(49-38(26)30)62-28-11-9-12-28)61-29-20-33-34(54)23-43(41(57)51-63(58,59)42(2)17-18-42)22-27(43)10-7-5-4-6-8-13-32(40(56)53(33)24-29)48-39(55)31-16-19-52(50-31)25-44(45,46)47/h7,10,14-16,19,21,27-29,32-33H,4-6,8-9,11-13,17-18,20,22-25H2,1-3H3,(H,48,55)(H,51,57)/b10-7-/t27-,29+,32-,33-,43+/m0/s1. The molecule has 1 saturated heterocycles. The smallest absolute Gasteiger partial charge is 0.408 e. The maximum Gasteiger partial charge on any atom is 0.408 e. The van der Waals surface area contributed by atoms with Gasteiger partial charge < -0.3 is 24.4 Å². The molecule has 1 aromatic carbocycles. The van der Waals surface area contributed by atoms with Crippen LogP contribution in [0.3, 0.4) is 0 Å². The van der Waals surface area contributed by atoms with Gasteiger partial charge in [-0.1, -0.05) is 25.0 Å². The highest BCUT2D eigenvalue weighted by molar-refractivity contribution is 7.91. The number of amides is 3. The summed E-state index contributed by atoms with van der Waals surface area (Å²) >= 11 is 0. The largest absolute Gasteiger partial charge is 0.496 e. The van der Waals surface area contributed by atoms with Crippen molar-refractivity contribution in [2.24, 2.45) is 11.3 Å². The number of pyridine rings is 1. The van der Waals surface area contributed by atoms with E-state index >= 15 is 0 Å². The normalized spacial score (nSPS) is 26.9. The van der Waals surface area contributed by atoms with Gasteiger partial charge in [0.2, 0.25) is 27.7 Å². The van der Waals surface area contributed by atoms with Gasteiger partial charge in [-0.3, -0.25) is 28.6 Å². The van der Waals surface area contributed by atoms with Gasteiger partial charge in [0.05, 0.1) is 35.4 Å². The summed E-state index contributed by atoms with van der Waals surface area (Å²) in [4.78, 5) is 63.3. The summed E-state index contributed by atoms with van der Waals surface area (Å²) in [5.41, 5.74) is -0.353. The van der Waals surface area contributed by atoms with Gasteiger partial charge in [-0.25, -0.2) is 13.4 Å². The Kier molecular flexibility index (Phi) is 12.0. The van der Waals surface area contributed by atoms with Crippen LogP contribution in [0.5, 0.6) is 17.4 Å². The highest BCUT2D eigenvalue weighted by atomic mass is 32.2. The molecule has 340 valence electrons. The van der Waals surface area contributed by atoms with Crippen LogP contribution in [0.15, 0.2) is 42.6 Å². The van der Waals surface area contributed by atoms with Crippen molar-refractivity contribution in [1.29, 1.82) is 0 Å². The maximum atomic E-state index is 14.8.